The minimum atomic E-state index is -0.662. The Kier molecular flexibility index (Phi) is 8.52. The molecule has 1 aliphatic rings. The van der Waals surface area contributed by atoms with Gasteiger partial charge in [0.2, 0.25) is 0 Å². The number of carbonyl (C=O) groups excluding carboxylic acids is 3. The first kappa shape index (κ1) is 25.8. The van der Waals surface area contributed by atoms with Gasteiger partial charge in [0, 0.05) is 14.1 Å². The van der Waals surface area contributed by atoms with Gasteiger partial charge in [0.05, 0.1) is 6.61 Å². The van der Waals surface area contributed by atoms with Gasteiger partial charge in [-0.25, -0.2) is 4.79 Å². The number of ether oxygens (including phenoxy) is 3. The van der Waals surface area contributed by atoms with Crippen LogP contribution in [0.3, 0.4) is 0 Å². The Bertz CT molecular complexity index is 1080. The molecule has 8 nitrogen and oxygen atoms in total. The molecule has 1 heterocycles. The lowest BCUT2D eigenvalue weighted by molar-refractivity contribution is -0.134. The lowest BCUT2D eigenvalue weighted by Gasteiger charge is -2.28. The summed E-state index contributed by atoms with van der Waals surface area (Å²) in [6, 6.07) is 12.6. The molecule has 1 fully saturated rings. The molecule has 4 amide bonds. The first-order valence-electron chi connectivity index (χ1n) is 11.7. The highest BCUT2D eigenvalue weighted by Gasteiger charge is 2.37. The number of amides is 4. The second kappa shape index (κ2) is 11.6. The average Bonchev–Trinajstić information content (AvgIpc) is 2.87. The topological polar surface area (TPSA) is 85.4 Å². The normalized spacial score (nSPS) is 14.8. The fourth-order valence-corrected chi connectivity index (χ4v) is 3.58. The lowest BCUT2D eigenvalue weighted by Crippen LogP contribution is -2.52. The minimum Gasteiger partial charge on any atom is -0.490 e. The lowest BCUT2D eigenvalue weighted by atomic mass is 9.99. The number of benzene rings is 2. The van der Waals surface area contributed by atoms with Gasteiger partial charge in [-0.3, -0.25) is 19.4 Å². The molecule has 0 aromatic heterocycles. The number of hydrogen-bond donors (Lipinski definition) is 0. The quantitative estimate of drug-likeness (QED) is 0.283. The van der Waals surface area contributed by atoms with Crippen molar-refractivity contribution >= 4 is 23.9 Å². The SMILES string of the molecule is CCOc1cc(C=C2C(=O)N(C)C(=O)N(C)C2=O)ccc1OCCOc1ccc([C@H](C)CC)cc1. The molecule has 2 aromatic rings. The van der Waals surface area contributed by atoms with E-state index < -0.39 is 17.8 Å². The van der Waals surface area contributed by atoms with Crippen LogP contribution in [-0.4, -0.2) is 61.6 Å². The van der Waals surface area contributed by atoms with Crippen molar-refractivity contribution in [3.63, 3.8) is 0 Å². The Morgan fingerprint density at radius 3 is 2.06 bits per heavy atom. The molecule has 0 bridgehead atoms. The highest BCUT2D eigenvalue weighted by Crippen LogP contribution is 2.30. The van der Waals surface area contributed by atoms with Crippen molar-refractivity contribution < 1.29 is 28.6 Å². The maximum absolute atomic E-state index is 12.5. The minimum absolute atomic E-state index is 0.0986. The summed E-state index contributed by atoms with van der Waals surface area (Å²) in [5.74, 6) is 1.00. The third kappa shape index (κ3) is 6.01. The Balaban J connectivity index is 1.66. The largest absolute Gasteiger partial charge is 0.490 e. The number of rotatable bonds is 10. The molecular weight excluding hydrogens is 448 g/mol. The van der Waals surface area contributed by atoms with Crippen LogP contribution in [0.5, 0.6) is 17.2 Å². The summed E-state index contributed by atoms with van der Waals surface area (Å²) in [4.78, 5) is 38.7. The summed E-state index contributed by atoms with van der Waals surface area (Å²) < 4.78 is 17.3. The molecule has 35 heavy (non-hydrogen) atoms. The standard InChI is InChI=1S/C27H32N2O6/c1-6-18(3)20-9-11-21(12-10-20)34-14-15-35-23-13-8-19(17-24(23)33-7-2)16-22-25(30)28(4)27(32)29(5)26(22)31/h8-13,16-18H,6-7,14-15H2,1-5H3/t18-/m1/s1. The predicted octanol–water partition coefficient (Wildman–Crippen LogP) is 4.49. The summed E-state index contributed by atoms with van der Waals surface area (Å²) in [7, 11) is 2.68. The van der Waals surface area contributed by atoms with E-state index in [0.717, 1.165) is 22.0 Å². The number of barbiturate groups is 1. The Morgan fingerprint density at radius 2 is 1.46 bits per heavy atom. The van der Waals surface area contributed by atoms with Crippen LogP contribution in [0.2, 0.25) is 0 Å². The highest BCUT2D eigenvalue weighted by atomic mass is 16.5. The zero-order valence-corrected chi connectivity index (χ0v) is 20.9. The van der Waals surface area contributed by atoms with E-state index in [1.807, 2.05) is 19.1 Å². The number of imide groups is 2. The van der Waals surface area contributed by atoms with Crippen LogP contribution in [0.15, 0.2) is 48.0 Å². The molecule has 2 aromatic carbocycles. The zero-order valence-electron chi connectivity index (χ0n) is 20.9. The van der Waals surface area contributed by atoms with Crippen LogP contribution in [0.4, 0.5) is 4.79 Å². The van der Waals surface area contributed by atoms with Gasteiger partial charge in [0.15, 0.2) is 11.5 Å². The van der Waals surface area contributed by atoms with Crippen molar-refractivity contribution in [2.75, 3.05) is 33.9 Å². The third-order valence-corrected chi connectivity index (χ3v) is 5.89. The molecule has 186 valence electrons. The predicted molar refractivity (Wildman–Crippen MR) is 133 cm³/mol. The maximum Gasteiger partial charge on any atom is 0.333 e. The molecule has 0 N–H and O–H groups in total. The van der Waals surface area contributed by atoms with Gasteiger partial charge >= 0.3 is 6.03 Å². The summed E-state index contributed by atoms with van der Waals surface area (Å²) in [6.07, 6.45) is 2.54. The van der Waals surface area contributed by atoms with E-state index in [0.29, 0.717) is 42.8 Å². The fourth-order valence-electron chi connectivity index (χ4n) is 3.58. The van der Waals surface area contributed by atoms with Gasteiger partial charge in [-0.1, -0.05) is 32.0 Å². The molecule has 8 heteroatoms. The molecular formula is C27H32N2O6. The molecule has 0 aliphatic carbocycles. The van der Waals surface area contributed by atoms with Crippen LogP contribution in [0, 0.1) is 0 Å². The first-order chi connectivity index (χ1) is 16.8. The molecule has 1 aliphatic heterocycles. The van der Waals surface area contributed by atoms with Crippen molar-refractivity contribution in [1.29, 1.82) is 0 Å². The van der Waals surface area contributed by atoms with Gasteiger partial charge in [-0.2, -0.15) is 0 Å². The van der Waals surface area contributed by atoms with Crippen molar-refractivity contribution in [2.45, 2.75) is 33.1 Å². The summed E-state index contributed by atoms with van der Waals surface area (Å²) in [5.41, 5.74) is 1.76. The van der Waals surface area contributed by atoms with Gasteiger partial charge in [-0.15, -0.1) is 0 Å². The zero-order chi connectivity index (χ0) is 25.5. The van der Waals surface area contributed by atoms with Gasteiger partial charge < -0.3 is 14.2 Å². The van der Waals surface area contributed by atoms with E-state index in [9.17, 15) is 14.4 Å². The number of carbonyl (C=O) groups is 3. The smallest absolute Gasteiger partial charge is 0.333 e. The van der Waals surface area contributed by atoms with E-state index in [4.69, 9.17) is 14.2 Å². The van der Waals surface area contributed by atoms with Crippen LogP contribution >= 0.6 is 0 Å². The van der Waals surface area contributed by atoms with E-state index in [1.165, 1.54) is 25.7 Å². The number of nitrogens with zero attached hydrogens (tertiary/aromatic N) is 2. The van der Waals surface area contributed by atoms with Gasteiger partial charge in [0.1, 0.15) is 24.5 Å². The molecule has 0 spiro atoms. The number of urea groups is 1. The monoisotopic (exact) mass is 480 g/mol. The Labute approximate surface area is 206 Å². The summed E-state index contributed by atoms with van der Waals surface area (Å²) in [5, 5.41) is 0. The molecule has 3 rings (SSSR count). The van der Waals surface area contributed by atoms with E-state index in [-0.39, 0.29) is 5.57 Å². The average molecular weight is 481 g/mol. The molecule has 1 saturated heterocycles. The second-order valence-electron chi connectivity index (χ2n) is 8.28. The number of hydrogen-bond acceptors (Lipinski definition) is 6. The molecule has 0 saturated carbocycles. The Morgan fingerprint density at radius 1 is 0.829 bits per heavy atom. The van der Waals surface area contributed by atoms with Crippen LogP contribution in [-0.2, 0) is 9.59 Å². The van der Waals surface area contributed by atoms with Crippen LogP contribution < -0.4 is 14.2 Å². The third-order valence-electron chi connectivity index (χ3n) is 5.89. The van der Waals surface area contributed by atoms with Crippen molar-refractivity contribution in [3.05, 3.63) is 59.2 Å². The van der Waals surface area contributed by atoms with E-state index in [1.54, 1.807) is 18.2 Å². The summed E-state index contributed by atoms with van der Waals surface area (Å²) in [6.45, 7) is 7.29. The van der Waals surface area contributed by atoms with E-state index >= 15 is 0 Å². The maximum atomic E-state index is 12.5. The van der Waals surface area contributed by atoms with Crippen LogP contribution in [0.25, 0.3) is 6.08 Å². The van der Waals surface area contributed by atoms with Crippen molar-refractivity contribution in [1.82, 2.24) is 9.80 Å². The number of likely N-dealkylation sites (N-methyl/N-ethyl adjacent to an activating group) is 2. The first-order valence-corrected chi connectivity index (χ1v) is 11.7. The molecule has 1 atom stereocenters. The van der Waals surface area contributed by atoms with Crippen molar-refractivity contribution in [2.24, 2.45) is 0 Å². The van der Waals surface area contributed by atoms with Crippen molar-refractivity contribution in [3.8, 4) is 17.2 Å². The highest BCUT2D eigenvalue weighted by molar-refractivity contribution is 6.30. The Hall–Kier alpha value is -3.81. The van der Waals surface area contributed by atoms with E-state index in [2.05, 4.69) is 26.0 Å². The molecule has 0 radical (unpaired) electrons. The van der Waals surface area contributed by atoms with Crippen LogP contribution in [0.1, 0.15) is 44.2 Å². The second-order valence-corrected chi connectivity index (χ2v) is 8.28. The van der Waals surface area contributed by atoms with Gasteiger partial charge in [0.25, 0.3) is 11.8 Å². The fraction of sp³-hybridized carbons (Fsp3) is 0.370. The summed E-state index contributed by atoms with van der Waals surface area (Å²) >= 11 is 0. The van der Waals surface area contributed by atoms with Gasteiger partial charge in [-0.05, 0) is 60.7 Å². The molecule has 0 unspecified atom stereocenters.